The van der Waals surface area contributed by atoms with E-state index in [0.717, 1.165) is 11.1 Å². The molecule has 3 amide bonds. The number of para-hydroxylation sites is 1. The predicted octanol–water partition coefficient (Wildman–Crippen LogP) is 2.96. The number of carbonyl (C=O) groups excluding carboxylic acids is 3. The van der Waals surface area contributed by atoms with Gasteiger partial charge in [-0.15, -0.1) is 0 Å². The number of nitrogens with two attached hydrogens (primary N) is 1. The lowest BCUT2D eigenvalue weighted by atomic mass is 9.99. The molecule has 3 N–H and O–H groups in total. The zero-order chi connectivity index (χ0) is 21.6. The van der Waals surface area contributed by atoms with E-state index in [1.165, 1.54) is 4.90 Å². The van der Waals surface area contributed by atoms with Crippen molar-refractivity contribution in [2.45, 2.75) is 46.6 Å². The van der Waals surface area contributed by atoms with E-state index in [1.54, 1.807) is 24.4 Å². The highest BCUT2D eigenvalue weighted by Gasteiger charge is 2.32. The van der Waals surface area contributed by atoms with E-state index in [0.29, 0.717) is 11.5 Å². The fraction of sp³-hybridized carbons (Fsp3) is 0.364. The molecule has 7 nitrogen and oxygen atoms in total. The summed E-state index contributed by atoms with van der Waals surface area (Å²) in [6.07, 6.45) is 1.51. The lowest BCUT2D eigenvalue weighted by Gasteiger charge is -2.33. The number of aromatic nitrogens is 1. The average molecular weight is 396 g/mol. The number of amides is 3. The number of pyridine rings is 1. The Morgan fingerprint density at radius 2 is 1.69 bits per heavy atom. The molecule has 1 unspecified atom stereocenters. The second-order valence-corrected chi connectivity index (χ2v) is 7.36. The van der Waals surface area contributed by atoms with E-state index >= 15 is 0 Å². The Labute approximate surface area is 171 Å². The zero-order valence-electron chi connectivity index (χ0n) is 17.3. The van der Waals surface area contributed by atoms with Crippen LogP contribution in [0.3, 0.4) is 0 Å². The summed E-state index contributed by atoms with van der Waals surface area (Å²) in [5.74, 6) is -0.932. The topological polar surface area (TPSA) is 105 Å². The van der Waals surface area contributed by atoms with Crippen molar-refractivity contribution in [1.29, 1.82) is 0 Å². The van der Waals surface area contributed by atoms with Crippen LogP contribution in [0.25, 0.3) is 0 Å². The number of carbonyl (C=O) groups is 3. The molecule has 154 valence electrons. The largest absolute Gasteiger partial charge is 0.368 e. The normalized spacial score (nSPS) is 11.8. The van der Waals surface area contributed by atoms with Gasteiger partial charge >= 0.3 is 0 Å². The third-order valence-electron chi connectivity index (χ3n) is 4.68. The van der Waals surface area contributed by atoms with Crippen molar-refractivity contribution in [2.24, 2.45) is 11.7 Å². The molecule has 1 aromatic heterocycles. The summed E-state index contributed by atoms with van der Waals surface area (Å²) in [6.45, 7) is 7.38. The van der Waals surface area contributed by atoms with Crippen molar-refractivity contribution in [2.75, 3.05) is 10.2 Å². The first-order valence-corrected chi connectivity index (χ1v) is 9.60. The number of nitrogens with zero attached hydrogens (tertiary/aromatic N) is 2. The molecule has 0 saturated carbocycles. The SMILES string of the molecule is Cc1ccccc1N(C(=O)CCC(=O)Nc1ncccc1C)C(C(N)=O)C(C)C. The number of aryl methyl sites for hydroxylation is 2. The summed E-state index contributed by atoms with van der Waals surface area (Å²) in [7, 11) is 0. The first kappa shape index (κ1) is 22.1. The van der Waals surface area contributed by atoms with E-state index < -0.39 is 11.9 Å². The van der Waals surface area contributed by atoms with E-state index in [9.17, 15) is 14.4 Å². The van der Waals surface area contributed by atoms with E-state index in [2.05, 4.69) is 10.3 Å². The molecule has 0 bridgehead atoms. The first-order chi connectivity index (χ1) is 13.7. The molecule has 2 aromatic rings. The predicted molar refractivity (Wildman–Crippen MR) is 113 cm³/mol. The minimum Gasteiger partial charge on any atom is -0.368 e. The van der Waals surface area contributed by atoms with Crippen molar-refractivity contribution in [3.63, 3.8) is 0 Å². The van der Waals surface area contributed by atoms with Crippen LogP contribution in [0.2, 0.25) is 0 Å². The molecule has 1 atom stereocenters. The lowest BCUT2D eigenvalue weighted by molar-refractivity contribution is -0.126. The molecule has 1 aromatic carbocycles. The van der Waals surface area contributed by atoms with Gasteiger partial charge in [-0.1, -0.05) is 38.1 Å². The summed E-state index contributed by atoms with van der Waals surface area (Å²) in [5, 5.41) is 2.72. The Bertz CT molecular complexity index is 895. The lowest BCUT2D eigenvalue weighted by Crippen LogP contribution is -2.51. The maximum Gasteiger partial charge on any atom is 0.240 e. The molecule has 0 spiro atoms. The van der Waals surface area contributed by atoms with Gasteiger partial charge in [0.2, 0.25) is 17.7 Å². The maximum atomic E-state index is 13.1. The van der Waals surface area contributed by atoms with Crippen LogP contribution in [0, 0.1) is 19.8 Å². The molecule has 0 aliphatic rings. The second kappa shape index (κ2) is 9.82. The van der Waals surface area contributed by atoms with Gasteiger partial charge in [-0.3, -0.25) is 19.3 Å². The smallest absolute Gasteiger partial charge is 0.240 e. The van der Waals surface area contributed by atoms with Crippen LogP contribution in [-0.4, -0.2) is 28.7 Å². The van der Waals surface area contributed by atoms with Gasteiger partial charge in [-0.25, -0.2) is 4.98 Å². The molecule has 0 aliphatic heterocycles. The van der Waals surface area contributed by atoms with E-state index in [1.807, 2.05) is 45.9 Å². The van der Waals surface area contributed by atoms with Gasteiger partial charge in [0.1, 0.15) is 11.9 Å². The number of primary amides is 1. The third kappa shape index (κ3) is 5.63. The Morgan fingerprint density at radius 1 is 1.03 bits per heavy atom. The number of benzene rings is 1. The quantitative estimate of drug-likeness (QED) is 0.715. The summed E-state index contributed by atoms with van der Waals surface area (Å²) in [4.78, 5) is 43.1. The molecule has 0 radical (unpaired) electrons. The van der Waals surface area contributed by atoms with Crippen molar-refractivity contribution >= 4 is 29.2 Å². The summed E-state index contributed by atoms with van der Waals surface area (Å²) in [5.41, 5.74) is 7.92. The van der Waals surface area contributed by atoms with E-state index in [4.69, 9.17) is 5.73 Å². The molecular weight excluding hydrogens is 368 g/mol. The maximum absolute atomic E-state index is 13.1. The average Bonchev–Trinajstić information content (AvgIpc) is 2.66. The monoisotopic (exact) mass is 396 g/mol. The third-order valence-corrected chi connectivity index (χ3v) is 4.68. The molecule has 2 rings (SSSR count). The van der Waals surface area contributed by atoms with Crippen LogP contribution in [0.1, 0.15) is 37.8 Å². The molecule has 0 fully saturated rings. The van der Waals surface area contributed by atoms with Crippen LogP contribution in [0.15, 0.2) is 42.6 Å². The Balaban J connectivity index is 2.19. The number of hydrogen-bond acceptors (Lipinski definition) is 4. The standard InChI is InChI=1S/C22H28N4O3/c1-14(2)20(21(23)29)26(17-10-6-5-8-15(17)3)19(28)12-11-18(27)25-22-16(4)9-7-13-24-22/h5-10,13-14,20H,11-12H2,1-4H3,(H2,23,29)(H,24,25,27). The number of anilines is 2. The molecule has 1 heterocycles. The van der Waals surface area contributed by atoms with Gasteiger partial charge in [0, 0.05) is 24.7 Å². The summed E-state index contributed by atoms with van der Waals surface area (Å²) < 4.78 is 0. The van der Waals surface area contributed by atoms with Crippen LogP contribution >= 0.6 is 0 Å². The van der Waals surface area contributed by atoms with Crippen molar-refractivity contribution < 1.29 is 14.4 Å². The number of hydrogen-bond donors (Lipinski definition) is 2. The molecular formula is C22H28N4O3. The van der Waals surface area contributed by atoms with Crippen LogP contribution in [0.4, 0.5) is 11.5 Å². The summed E-state index contributed by atoms with van der Waals surface area (Å²) in [6, 6.07) is 10.1. The summed E-state index contributed by atoms with van der Waals surface area (Å²) >= 11 is 0. The Morgan fingerprint density at radius 3 is 2.28 bits per heavy atom. The molecule has 29 heavy (non-hydrogen) atoms. The van der Waals surface area contributed by atoms with Crippen molar-refractivity contribution in [3.05, 3.63) is 53.7 Å². The fourth-order valence-corrected chi connectivity index (χ4v) is 3.18. The highest BCUT2D eigenvalue weighted by Crippen LogP contribution is 2.26. The number of nitrogens with one attached hydrogen (secondary N) is 1. The molecule has 7 heteroatoms. The van der Waals surface area contributed by atoms with Gasteiger partial charge in [0.25, 0.3) is 0 Å². The van der Waals surface area contributed by atoms with Crippen molar-refractivity contribution in [3.8, 4) is 0 Å². The van der Waals surface area contributed by atoms with E-state index in [-0.39, 0.29) is 30.6 Å². The highest BCUT2D eigenvalue weighted by molar-refractivity contribution is 6.03. The van der Waals surface area contributed by atoms with Crippen LogP contribution < -0.4 is 16.0 Å². The second-order valence-electron chi connectivity index (χ2n) is 7.36. The van der Waals surface area contributed by atoms with Crippen LogP contribution in [0.5, 0.6) is 0 Å². The Hall–Kier alpha value is -3.22. The number of rotatable bonds is 8. The minimum atomic E-state index is -0.801. The highest BCUT2D eigenvalue weighted by atomic mass is 16.2. The van der Waals surface area contributed by atoms with Gasteiger partial charge in [0.15, 0.2) is 0 Å². The van der Waals surface area contributed by atoms with Gasteiger partial charge in [-0.2, -0.15) is 0 Å². The van der Waals surface area contributed by atoms with Gasteiger partial charge in [-0.05, 0) is 43.0 Å². The van der Waals surface area contributed by atoms with Crippen molar-refractivity contribution in [1.82, 2.24) is 4.98 Å². The zero-order valence-corrected chi connectivity index (χ0v) is 17.3. The fourth-order valence-electron chi connectivity index (χ4n) is 3.18. The minimum absolute atomic E-state index is 0.0270. The Kier molecular flexibility index (Phi) is 7.47. The van der Waals surface area contributed by atoms with Crippen LogP contribution in [-0.2, 0) is 14.4 Å². The molecule has 0 saturated heterocycles. The van der Waals surface area contributed by atoms with Gasteiger partial charge in [0.05, 0.1) is 0 Å². The van der Waals surface area contributed by atoms with Gasteiger partial charge < -0.3 is 11.1 Å². The first-order valence-electron chi connectivity index (χ1n) is 9.60. The molecule has 0 aliphatic carbocycles.